The molecule has 0 saturated heterocycles. The molecule has 1 aliphatic rings. The summed E-state index contributed by atoms with van der Waals surface area (Å²) in [5, 5.41) is 0. The molecule has 2 heteroatoms. The molecule has 1 heterocycles. The minimum atomic E-state index is 0.0105. The Kier molecular flexibility index (Phi) is 4.37. The number of aromatic nitrogens is 1. The highest BCUT2D eigenvalue weighted by Crippen LogP contribution is 2.53. The minimum Gasteiger partial charge on any atom is -0.294 e. The van der Waals surface area contributed by atoms with Crippen LogP contribution in [0.3, 0.4) is 0 Å². The number of carbonyl (C=O) groups is 1. The summed E-state index contributed by atoms with van der Waals surface area (Å²) in [6, 6.07) is 11.1. The van der Waals surface area contributed by atoms with Crippen LogP contribution in [-0.4, -0.2) is 10.8 Å². The van der Waals surface area contributed by atoms with Gasteiger partial charge in [0, 0.05) is 17.2 Å². The number of ketones is 1. The molecular formula is C24H31NO. The maximum Gasteiger partial charge on any atom is 0.161 e. The van der Waals surface area contributed by atoms with Gasteiger partial charge in [-0.1, -0.05) is 59.7 Å². The Bertz CT molecular complexity index is 796. The van der Waals surface area contributed by atoms with Gasteiger partial charge in [0.05, 0.1) is 5.69 Å². The molecular weight excluding hydrogens is 318 g/mol. The SMILES string of the molecule is CC(=O)c1ccc(C2(c3cc(C(C)(C)C)cc(C(C)(C)C)c3)CC2)nc1. The molecule has 0 N–H and O–H groups in total. The van der Waals surface area contributed by atoms with Gasteiger partial charge in [0.1, 0.15) is 0 Å². The monoisotopic (exact) mass is 349 g/mol. The lowest BCUT2D eigenvalue weighted by Crippen LogP contribution is -2.20. The summed E-state index contributed by atoms with van der Waals surface area (Å²) in [6.45, 7) is 15.2. The van der Waals surface area contributed by atoms with Crippen LogP contribution in [0.25, 0.3) is 0 Å². The average molecular weight is 350 g/mol. The topological polar surface area (TPSA) is 30.0 Å². The van der Waals surface area contributed by atoms with E-state index in [1.807, 2.05) is 12.1 Å². The first-order valence-corrected chi connectivity index (χ1v) is 9.57. The van der Waals surface area contributed by atoms with E-state index in [-0.39, 0.29) is 22.0 Å². The fraction of sp³-hybridized carbons (Fsp3) is 0.500. The molecule has 3 rings (SSSR count). The fourth-order valence-corrected chi connectivity index (χ4v) is 3.47. The van der Waals surface area contributed by atoms with E-state index >= 15 is 0 Å². The first kappa shape index (κ1) is 18.8. The van der Waals surface area contributed by atoms with E-state index in [2.05, 4.69) is 64.7 Å². The predicted octanol–water partition coefficient (Wildman–Crippen LogP) is 5.96. The molecule has 138 valence electrons. The molecule has 0 atom stereocenters. The van der Waals surface area contributed by atoms with Crippen LogP contribution in [0, 0.1) is 0 Å². The number of nitrogens with zero attached hydrogens (tertiary/aromatic N) is 1. The second kappa shape index (κ2) is 6.04. The molecule has 2 aromatic rings. The third kappa shape index (κ3) is 3.47. The van der Waals surface area contributed by atoms with Crippen LogP contribution in [0.4, 0.5) is 0 Å². The van der Waals surface area contributed by atoms with Gasteiger partial charge in [0.25, 0.3) is 0 Å². The summed E-state index contributed by atoms with van der Waals surface area (Å²) in [7, 11) is 0. The van der Waals surface area contributed by atoms with Crippen molar-refractivity contribution in [2.24, 2.45) is 0 Å². The smallest absolute Gasteiger partial charge is 0.161 e. The first-order valence-electron chi connectivity index (χ1n) is 9.57. The largest absolute Gasteiger partial charge is 0.294 e. The van der Waals surface area contributed by atoms with Crippen LogP contribution in [-0.2, 0) is 16.2 Å². The summed E-state index contributed by atoms with van der Waals surface area (Å²) in [6.07, 6.45) is 3.98. The lowest BCUT2D eigenvalue weighted by Gasteiger charge is -2.28. The van der Waals surface area contributed by atoms with Crippen LogP contribution in [0.2, 0.25) is 0 Å². The fourth-order valence-electron chi connectivity index (χ4n) is 3.47. The Morgan fingerprint density at radius 3 is 1.81 bits per heavy atom. The van der Waals surface area contributed by atoms with Gasteiger partial charge in [0.2, 0.25) is 0 Å². The Hall–Kier alpha value is -1.96. The quantitative estimate of drug-likeness (QED) is 0.640. The van der Waals surface area contributed by atoms with E-state index in [4.69, 9.17) is 0 Å². The molecule has 2 nitrogen and oxygen atoms in total. The van der Waals surface area contributed by atoms with Gasteiger partial charge in [0.15, 0.2) is 5.78 Å². The van der Waals surface area contributed by atoms with Crippen molar-refractivity contribution in [3.63, 3.8) is 0 Å². The number of pyridine rings is 1. The van der Waals surface area contributed by atoms with Gasteiger partial charge in [-0.25, -0.2) is 0 Å². The van der Waals surface area contributed by atoms with Gasteiger partial charge in [-0.15, -0.1) is 0 Å². The highest BCUT2D eigenvalue weighted by Gasteiger charge is 2.47. The van der Waals surface area contributed by atoms with Crippen LogP contribution >= 0.6 is 0 Å². The number of carbonyl (C=O) groups excluding carboxylic acids is 1. The van der Waals surface area contributed by atoms with E-state index in [1.54, 1.807) is 13.1 Å². The molecule has 0 spiro atoms. The predicted molar refractivity (Wildman–Crippen MR) is 108 cm³/mol. The van der Waals surface area contributed by atoms with Crippen molar-refractivity contribution < 1.29 is 4.79 Å². The molecule has 1 aliphatic carbocycles. The highest BCUT2D eigenvalue weighted by molar-refractivity contribution is 5.93. The van der Waals surface area contributed by atoms with E-state index in [9.17, 15) is 4.79 Å². The number of hydrogen-bond acceptors (Lipinski definition) is 2. The second-order valence-corrected chi connectivity index (χ2v) is 9.87. The van der Waals surface area contributed by atoms with E-state index < -0.39 is 0 Å². The Labute approximate surface area is 158 Å². The molecule has 1 aromatic heterocycles. The Morgan fingerprint density at radius 2 is 1.46 bits per heavy atom. The molecule has 0 unspecified atom stereocenters. The van der Waals surface area contributed by atoms with Gasteiger partial charge in [-0.3, -0.25) is 9.78 Å². The third-order valence-corrected chi connectivity index (χ3v) is 5.63. The van der Waals surface area contributed by atoms with Crippen molar-refractivity contribution >= 4 is 5.78 Å². The summed E-state index contributed by atoms with van der Waals surface area (Å²) in [5.74, 6) is 0.0682. The summed E-state index contributed by atoms with van der Waals surface area (Å²) in [4.78, 5) is 16.2. The summed E-state index contributed by atoms with van der Waals surface area (Å²) >= 11 is 0. The van der Waals surface area contributed by atoms with Crippen molar-refractivity contribution in [1.29, 1.82) is 0 Å². The maximum absolute atomic E-state index is 11.6. The zero-order chi connectivity index (χ0) is 19.3. The van der Waals surface area contributed by atoms with Crippen LogP contribution < -0.4 is 0 Å². The molecule has 0 radical (unpaired) electrons. The third-order valence-electron chi connectivity index (χ3n) is 5.63. The zero-order valence-electron chi connectivity index (χ0n) is 17.2. The summed E-state index contributed by atoms with van der Waals surface area (Å²) < 4.78 is 0. The van der Waals surface area contributed by atoms with Crippen molar-refractivity contribution in [2.45, 2.75) is 77.6 Å². The number of benzene rings is 1. The lowest BCUT2D eigenvalue weighted by molar-refractivity contribution is 0.101. The Balaban J connectivity index is 2.11. The second-order valence-electron chi connectivity index (χ2n) is 9.87. The van der Waals surface area contributed by atoms with Gasteiger partial charge in [-0.2, -0.15) is 0 Å². The van der Waals surface area contributed by atoms with Gasteiger partial charge >= 0.3 is 0 Å². The van der Waals surface area contributed by atoms with Crippen LogP contribution in [0.5, 0.6) is 0 Å². The lowest BCUT2D eigenvalue weighted by atomic mass is 9.77. The molecule has 1 aromatic carbocycles. The first-order chi connectivity index (χ1) is 11.9. The van der Waals surface area contributed by atoms with Crippen LogP contribution in [0.15, 0.2) is 36.5 Å². The van der Waals surface area contributed by atoms with Crippen LogP contribution in [0.1, 0.15) is 94.1 Å². The minimum absolute atomic E-state index is 0.0105. The molecule has 1 saturated carbocycles. The zero-order valence-corrected chi connectivity index (χ0v) is 17.2. The van der Waals surface area contributed by atoms with Crippen molar-refractivity contribution in [1.82, 2.24) is 4.98 Å². The van der Waals surface area contributed by atoms with Gasteiger partial charge in [-0.05, 0) is 59.4 Å². The normalized spacial score (nSPS) is 16.4. The maximum atomic E-state index is 11.6. The average Bonchev–Trinajstić information content (AvgIpc) is 3.35. The number of Topliss-reactive ketones (excluding diaryl/α,β-unsaturated/α-hetero) is 1. The number of hydrogen-bond donors (Lipinski definition) is 0. The molecule has 0 aliphatic heterocycles. The number of rotatable bonds is 3. The van der Waals surface area contributed by atoms with E-state index in [0.717, 1.165) is 18.5 Å². The molecule has 1 fully saturated rings. The van der Waals surface area contributed by atoms with Crippen molar-refractivity contribution in [3.05, 3.63) is 64.5 Å². The standard InChI is InChI=1S/C24H31NO/c1-16(26)17-8-9-21(25-15-17)24(10-11-24)20-13-18(22(2,3)4)12-19(14-20)23(5,6)7/h8-9,12-15H,10-11H2,1-7H3. The molecule has 26 heavy (non-hydrogen) atoms. The van der Waals surface area contributed by atoms with E-state index in [1.165, 1.54) is 16.7 Å². The highest BCUT2D eigenvalue weighted by atomic mass is 16.1. The Morgan fingerprint density at radius 1 is 0.923 bits per heavy atom. The molecule has 0 bridgehead atoms. The van der Waals surface area contributed by atoms with Crippen molar-refractivity contribution in [3.8, 4) is 0 Å². The van der Waals surface area contributed by atoms with E-state index in [0.29, 0.717) is 5.56 Å². The molecule has 0 amide bonds. The summed E-state index contributed by atoms with van der Waals surface area (Å²) in [5.41, 5.74) is 6.14. The van der Waals surface area contributed by atoms with Gasteiger partial charge < -0.3 is 0 Å². The van der Waals surface area contributed by atoms with Crippen molar-refractivity contribution in [2.75, 3.05) is 0 Å².